The van der Waals surface area contributed by atoms with Crippen LogP contribution in [0.5, 0.6) is 0 Å². The molecule has 2 aliphatic heterocycles. The summed E-state index contributed by atoms with van der Waals surface area (Å²) in [6.07, 6.45) is 0. The normalized spacial score (nSPS) is 20.4. The third-order valence-corrected chi connectivity index (χ3v) is 6.96. The second-order valence-corrected chi connectivity index (χ2v) is 9.08. The predicted molar refractivity (Wildman–Crippen MR) is 137 cm³/mol. The molecule has 1 unspecified atom stereocenters. The van der Waals surface area contributed by atoms with Gasteiger partial charge in [0.2, 0.25) is 0 Å². The Bertz CT molecular complexity index is 1070. The number of anilines is 1. The molecule has 7 heteroatoms. The fourth-order valence-corrected chi connectivity index (χ4v) is 4.85. The summed E-state index contributed by atoms with van der Waals surface area (Å²) >= 11 is 0. The van der Waals surface area contributed by atoms with Crippen molar-refractivity contribution in [1.82, 2.24) is 9.80 Å². The summed E-state index contributed by atoms with van der Waals surface area (Å²) in [5.74, 6) is -1.33. The van der Waals surface area contributed by atoms with Crippen molar-refractivity contribution in [2.75, 3.05) is 57.4 Å². The topological polar surface area (TPSA) is 73.3 Å². The molecule has 4 rings (SSSR count). The minimum absolute atomic E-state index is 0.130. The Kier molecular flexibility index (Phi) is 7.88. The van der Waals surface area contributed by atoms with Crippen LogP contribution in [-0.4, -0.2) is 79.1 Å². The molecule has 2 aromatic carbocycles. The first-order valence-electron chi connectivity index (χ1n) is 12.4. The van der Waals surface area contributed by atoms with E-state index in [2.05, 4.69) is 23.6 Å². The number of amides is 1. The molecule has 0 radical (unpaired) electrons. The SMILES string of the molecule is CCN(CC)c1ccc(C2C(=C(O)c3ccc(C)cc3)C(=O)C(=O)N2CCN2CCOCC2)cc1. The van der Waals surface area contributed by atoms with Crippen molar-refractivity contribution in [3.05, 3.63) is 70.8 Å². The molecule has 2 heterocycles. The second-order valence-electron chi connectivity index (χ2n) is 9.08. The predicted octanol–water partition coefficient (Wildman–Crippen LogP) is 3.60. The van der Waals surface area contributed by atoms with Crippen LogP contribution in [0.1, 0.15) is 36.6 Å². The third kappa shape index (κ3) is 5.26. The van der Waals surface area contributed by atoms with Crippen molar-refractivity contribution in [3.63, 3.8) is 0 Å². The highest BCUT2D eigenvalue weighted by molar-refractivity contribution is 6.46. The van der Waals surface area contributed by atoms with Gasteiger partial charge in [-0.05, 0) is 38.5 Å². The van der Waals surface area contributed by atoms with Gasteiger partial charge in [0.1, 0.15) is 5.76 Å². The van der Waals surface area contributed by atoms with Crippen LogP contribution in [0.3, 0.4) is 0 Å². The first kappa shape index (κ1) is 24.9. The van der Waals surface area contributed by atoms with Gasteiger partial charge in [-0.2, -0.15) is 0 Å². The Balaban J connectivity index is 1.72. The van der Waals surface area contributed by atoms with Crippen molar-refractivity contribution in [2.24, 2.45) is 0 Å². The number of carbonyl (C=O) groups excluding carboxylic acids is 2. The molecule has 1 amide bonds. The van der Waals surface area contributed by atoms with Crippen LogP contribution in [0.2, 0.25) is 0 Å². The number of morpholine rings is 1. The highest BCUT2D eigenvalue weighted by Gasteiger charge is 2.46. The summed E-state index contributed by atoms with van der Waals surface area (Å²) in [7, 11) is 0. The maximum Gasteiger partial charge on any atom is 0.295 e. The fraction of sp³-hybridized carbons (Fsp3) is 0.429. The minimum Gasteiger partial charge on any atom is -0.507 e. The molecule has 0 aromatic heterocycles. The van der Waals surface area contributed by atoms with Crippen molar-refractivity contribution in [3.8, 4) is 0 Å². The van der Waals surface area contributed by atoms with E-state index in [1.54, 1.807) is 17.0 Å². The highest BCUT2D eigenvalue weighted by atomic mass is 16.5. The average Bonchev–Trinajstić information content (AvgIpc) is 3.14. The number of ether oxygens (including phenoxy) is 1. The van der Waals surface area contributed by atoms with Crippen LogP contribution in [0.4, 0.5) is 5.69 Å². The molecule has 1 atom stereocenters. The Hall–Kier alpha value is -3.16. The number of aliphatic hydroxyl groups is 1. The van der Waals surface area contributed by atoms with Crippen LogP contribution < -0.4 is 4.90 Å². The lowest BCUT2D eigenvalue weighted by atomic mass is 9.95. The van der Waals surface area contributed by atoms with Gasteiger partial charge in [-0.25, -0.2) is 0 Å². The van der Waals surface area contributed by atoms with Gasteiger partial charge in [0, 0.05) is 50.5 Å². The van der Waals surface area contributed by atoms with Gasteiger partial charge >= 0.3 is 0 Å². The van der Waals surface area contributed by atoms with Crippen LogP contribution >= 0.6 is 0 Å². The second kappa shape index (κ2) is 11.1. The Morgan fingerprint density at radius 2 is 1.60 bits per heavy atom. The summed E-state index contributed by atoms with van der Waals surface area (Å²) in [6.45, 7) is 12.0. The molecular formula is C28H35N3O4. The first-order valence-corrected chi connectivity index (χ1v) is 12.4. The molecule has 2 saturated heterocycles. The number of likely N-dealkylation sites (tertiary alicyclic amines) is 1. The van der Waals surface area contributed by atoms with Gasteiger partial charge in [0.05, 0.1) is 24.8 Å². The maximum absolute atomic E-state index is 13.2. The molecule has 35 heavy (non-hydrogen) atoms. The van der Waals surface area contributed by atoms with Crippen LogP contribution in [0.25, 0.3) is 5.76 Å². The quantitative estimate of drug-likeness (QED) is 0.356. The fourth-order valence-electron chi connectivity index (χ4n) is 4.85. The first-order chi connectivity index (χ1) is 16.9. The molecule has 186 valence electrons. The summed E-state index contributed by atoms with van der Waals surface area (Å²) < 4.78 is 5.43. The zero-order valence-electron chi connectivity index (χ0n) is 20.9. The molecule has 0 saturated carbocycles. The number of hydrogen-bond donors (Lipinski definition) is 1. The molecular weight excluding hydrogens is 442 g/mol. The van der Waals surface area contributed by atoms with Gasteiger partial charge < -0.3 is 19.6 Å². The number of rotatable bonds is 8. The Morgan fingerprint density at radius 1 is 0.971 bits per heavy atom. The van der Waals surface area contributed by atoms with E-state index in [0.717, 1.165) is 43.0 Å². The largest absolute Gasteiger partial charge is 0.507 e. The van der Waals surface area contributed by atoms with E-state index < -0.39 is 17.7 Å². The molecule has 2 aliphatic rings. The third-order valence-electron chi connectivity index (χ3n) is 6.96. The van der Waals surface area contributed by atoms with Crippen molar-refractivity contribution in [1.29, 1.82) is 0 Å². The standard InChI is InChI=1S/C28H35N3O4/c1-4-30(5-2)23-12-10-21(11-13-23)25-24(26(32)22-8-6-20(3)7-9-22)27(33)28(34)31(25)15-14-29-16-18-35-19-17-29/h6-13,25,32H,4-5,14-19H2,1-3H3. The summed E-state index contributed by atoms with van der Waals surface area (Å²) in [4.78, 5) is 32.6. The number of benzene rings is 2. The number of ketones is 1. The van der Waals surface area contributed by atoms with Crippen LogP contribution in [-0.2, 0) is 14.3 Å². The van der Waals surface area contributed by atoms with Crippen LogP contribution in [0.15, 0.2) is 54.1 Å². The summed E-state index contributed by atoms with van der Waals surface area (Å²) in [5.41, 5.74) is 3.64. The Morgan fingerprint density at radius 3 is 2.20 bits per heavy atom. The minimum atomic E-state index is -0.636. The van der Waals surface area contributed by atoms with Crippen molar-refractivity contribution >= 4 is 23.1 Å². The van der Waals surface area contributed by atoms with E-state index in [0.29, 0.717) is 31.9 Å². The van der Waals surface area contributed by atoms with E-state index in [1.807, 2.05) is 43.3 Å². The zero-order chi connectivity index (χ0) is 24.9. The van der Waals surface area contributed by atoms with E-state index in [-0.39, 0.29) is 11.3 Å². The highest BCUT2D eigenvalue weighted by Crippen LogP contribution is 2.39. The summed E-state index contributed by atoms with van der Waals surface area (Å²) in [5, 5.41) is 11.2. The number of nitrogens with zero attached hydrogens (tertiary/aromatic N) is 3. The monoisotopic (exact) mass is 477 g/mol. The molecule has 0 aliphatic carbocycles. The van der Waals surface area contributed by atoms with E-state index in [1.165, 1.54) is 0 Å². The molecule has 0 bridgehead atoms. The van der Waals surface area contributed by atoms with Gasteiger partial charge in [0.15, 0.2) is 0 Å². The molecule has 2 aromatic rings. The number of carbonyl (C=O) groups is 2. The molecule has 0 spiro atoms. The smallest absolute Gasteiger partial charge is 0.295 e. The van der Waals surface area contributed by atoms with Gasteiger partial charge in [-0.1, -0.05) is 42.0 Å². The number of Topliss-reactive ketones (excluding diaryl/α,β-unsaturated/α-hetero) is 1. The van der Waals surface area contributed by atoms with Gasteiger partial charge in [0.25, 0.3) is 11.7 Å². The summed E-state index contributed by atoms with van der Waals surface area (Å²) in [6, 6.07) is 14.7. The van der Waals surface area contributed by atoms with Crippen molar-refractivity contribution < 1.29 is 19.4 Å². The number of hydrogen-bond acceptors (Lipinski definition) is 6. The van der Waals surface area contributed by atoms with E-state index in [9.17, 15) is 14.7 Å². The van der Waals surface area contributed by atoms with E-state index in [4.69, 9.17) is 4.74 Å². The number of aryl methyl sites for hydroxylation is 1. The lowest BCUT2D eigenvalue weighted by Crippen LogP contribution is -2.42. The average molecular weight is 478 g/mol. The number of aliphatic hydroxyl groups excluding tert-OH is 1. The van der Waals surface area contributed by atoms with Gasteiger partial charge in [-0.3, -0.25) is 14.5 Å². The molecule has 2 fully saturated rings. The van der Waals surface area contributed by atoms with Gasteiger partial charge in [-0.15, -0.1) is 0 Å². The lowest BCUT2D eigenvalue weighted by molar-refractivity contribution is -0.140. The lowest BCUT2D eigenvalue weighted by Gasteiger charge is -2.31. The zero-order valence-corrected chi connectivity index (χ0v) is 20.9. The Labute approximate surface area is 207 Å². The van der Waals surface area contributed by atoms with E-state index >= 15 is 0 Å². The maximum atomic E-state index is 13.2. The molecule has 1 N–H and O–H groups in total. The van der Waals surface area contributed by atoms with Crippen LogP contribution in [0, 0.1) is 6.92 Å². The van der Waals surface area contributed by atoms with Crippen molar-refractivity contribution in [2.45, 2.75) is 26.8 Å². The molecule has 7 nitrogen and oxygen atoms in total.